The van der Waals surface area contributed by atoms with Crippen LogP contribution in [0.25, 0.3) is 5.57 Å². The van der Waals surface area contributed by atoms with E-state index in [0.717, 1.165) is 16.8 Å². The summed E-state index contributed by atoms with van der Waals surface area (Å²) in [5.41, 5.74) is 3.40. The van der Waals surface area contributed by atoms with Crippen LogP contribution in [0.2, 0.25) is 10.0 Å². The molecule has 100 valence electrons. The first-order valence-corrected chi connectivity index (χ1v) is 6.95. The van der Waals surface area contributed by atoms with Crippen molar-refractivity contribution in [1.82, 2.24) is 0 Å². The number of rotatable bonds is 2. The Bertz CT molecular complexity index is 722. The molecule has 2 nitrogen and oxygen atoms in total. The van der Waals surface area contributed by atoms with Crippen molar-refractivity contribution < 1.29 is 4.79 Å². The normalized spacial score (nSPS) is 15.3. The summed E-state index contributed by atoms with van der Waals surface area (Å²) >= 11 is 11.9. The third-order valence-corrected chi connectivity index (χ3v) is 3.67. The van der Waals surface area contributed by atoms with Gasteiger partial charge < -0.3 is 5.32 Å². The Morgan fingerprint density at radius 1 is 1.05 bits per heavy atom. The zero-order valence-electron chi connectivity index (χ0n) is 10.5. The predicted octanol–water partition coefficient (Wildman–Crippen LogP) is 4.57. The van der Waals surface area contributed by atoms with E-state index in [2.05, 4.69) is 5.32 Å². The summed E-state index contributed by atoms with van der Waals surface area (Å²) in [5.74, 6) is -0.0932. The number of anilines is 1. The van der Waals surface area contributed by atoms with Crippen molar-refractivity contribution in [2.75, 3.05) is 5.32 Å². The topological polar surface area (TPSA) is 29.1 Å². The summed E-state index contributed by atoms with van der Waals surface area (Å²) in [7, 11) is 0. The van der Waals surface area contributed by atoms with Gasteiger partial charge in [-0.15, -0.1) is 0 Å². The zero-order chi connectivity index (χ0) is 14.1. The number of carbonyl (C=O) groups excluding carboxylic acids is 1. The summed E-state index contributed by atoms with van der Waals surface area (Å²) in [6.07, 6.45) is 2.58. The van der Waals surface area contributed by atoms with Crippen LogP contribution in [0.15, 0.2) is 48.5 Å². The van der Waals surface area contributed by atoms with Gasteiger partial charge in [-0.05, 0) is 36.2 Å². The van der Waals surface area contributed by atoms with Crippen LogP contribution in [0.5, 0.6) is 0 Å². The number of nitrogens with one attached hydrogen (secondary N) is 1. The number of amides is 1. The first kappa shape index (κ1) is 13.2. The zero-order valence-corrected chi connectivity index (χ0v) is 12.0. The molecule has 0 unspecified atom stereocenters. The number of benzene rings is 2. The molecule has 1 aliphatic heterocycles. The monoisotopic (exact) mass is 303 g/mol. The second-order valence-electron chi connectivity index (χ2n) is 4.60. The fourth-order valence-electron chi connectivity index (χ4n) is 2.25. The average molecular weight is 304 g/mol. The molecule has 4 heteroatoms. The van der Waals surface area contributed by atoms with Gasteiger partial charge in [-0.3, -0.25) is 4.79 Å². The molecule has 0 bridgehead atoms. The van der Waals surface area contributed by atoms with E-state index in [4.69, 9.17) is 23.2 Å². The second-order valence-corrected chi connectivity index (χ2v) is 5.47. The van der Waals surface area contributed by atoms with Crippen molar-refractivity contribution in [3.05, 3.63) is 69.7 Å². The summed E-state index contributed by atoms with van der Waals surface area (Å²) < 4.78 is 0. The minimum absolute atomic E-state index is 0.0932. The van der Waals surface area contributed by atoms with Gasteiger partial charge in [-0.1, -0.05) is 47.5 Å². The standard InChI is InChI=1S/C16H11Cl2NO/c17-11-3-1-2-10(8-11)4-6-14-13-7-5-12(18)9-15(13)19-16(14)20/h1-3,5-9H,4H2,(H,19,20)/b14-6+. The van der Waals surface area contributed by atoms with Gasteiger partial charge in [0.05, 0.1) is 5.69 Å². The summed E-state index contributed by atoms with van der Waals surface area (Å²) in [6.45, 7) is 0. The largest absolute Gasteiger partial charge is 0.321 e. The number of carbonyl (C=O) groups is 1. The molecule has 1 heterocycles. The lowest BCUT2D eigenvalue weighted by Crippen LogP contribution is -2.04. The van der Waals surface area contributed by atoms with E-state index in [1.165, 1.54) is 0 Å². The number of allylic oxidation sites excluding steroid dienone is 1. The van der Waals surface area contributed by atoms with Gasteiger partial charge in [-0.25, -0.2) is 0 Å². The molecule has 3 rings (SSSR count). The fraction of sp³-hybridized carbons (Fsp3) is 0.0625. The van der Waals surface area contributed by atoms with Gasteiger partial charge in [-0.2, -0.15) is 0 Å². The summed E-state index contributed by atoms with van der Waals surface area (Å²) in [6, 6.07) is 13.0. The third-order valence-electron chi connectivity index (χ3n) is 3.20. The lowest BCUT2D eigenvalue weighted by Gasteiger charge is -2.00. The van der Waals surface area contributed by atoms with E-state index < -0.39 is 0 Å². The van der Waals surface area contributed by atoms with Crippen LogP contribution in [-0.4, -0.2) is 5.91 Å². The molecule has 0 aromatic heterocycles. The van der Waals surface area contributed by atoms with Gasteiger partial charge >= 0.3 is 0 Å². The molecule has 2 aromatic carbocycles. The maximum atomic E-state index is 12.0. The van der Waals surface area contributed by atoms with Crippen LogP contribution in [0.3, 0.4) is 0 Å². The predicted molar refractivity (Wildman–Crippen MR) is 83.2 cm³/mol. The van der Waals surface area contributed by atoms with E-state index in [0.29, 0.717) is 22.0 Å². The molecule has 0 atom stereocenters. The average Bonchev–Trinajstić information content (AvgIpc) is 2.71. The number of halogens is 2. The Labute approximate surface area is 127 Å². The molecule has 0 saturated heterocycles. The van der Waals surface area contributed by atoms with Gasteiger partial charge in [0.2, 0.25) is 0 Å². The maximum Gasteiger partial charge on any atom is 0.256 e. The Kier molecular flexibility index (Phi) is 3.51. The molecule has 20 heavy (non-hydrogen) atoms. The van der Waals surface area contributed by atoms with E-state index in [1.807, 2.05) is 36.4 Å². The Morgan fingerprint density at radius 3 is 2.65 bits per heavy atom. The lowest BCUT2D eigenvalue weighted by atomic mass is 10.0. The smallest absolute Gasteiger partial charge is 0.256 e. The lowest BCUT2D eigenvalue weighted by molar-refractivity contribution is -0.110. The van der Waals surface area contributed by atoms with Crippen molar-refractivity contribution in [2.45, 2.75) is 6.42 Å². The van der Waals surface area contributed by atoms with Crippen molar-refractivity contribution >= 4 is 40.4 Å². The molecule has 0 spiro atoms. The van der Waals surface area contributed by atoms with Crippen molar-refractivity contribution in [1.29, 1.82) is 0 Å². The molecule has 0 saturated carbocycles. The maximum absolute atomic E-state index is 12.0. The number of fused-ring (bicyclic) bond motifs is 1. The molecule has 0 fully saturated rings. The minimum Gasteiger partial charge on any atom is -0.321 e. The van der Waals surface area contributed by atoms with Crippen LogP contribution in [-0.2, 0) is 11.2 Å². The van der Waals surface area contributed by atoms with E-state index in [-0.39, 0.29) is 5.91 Å². The minimum atomic E-state index is -0.0932. The molecule has 0 radical (unpaired) electrons. The Morgan fingerprint density at radius 2 is 1.85 bits per heavy atom. The highest BCUT2D eigenvalue weighted by Crippen LogP contribution is 2.33. The van der Waals surface area contributed by atoms with Crippen LogP contribution in [0, 0.1) is 0 Å². The van der Waals surface area contributed by atoms with Gasteiger partial charge in [0.1, 0.15) is 0 Å². The molecule has 1 N–H and O–H groups in total. The summed E-state index contributed by atoms with van der Waals surface area (Å²) in [5, 5.41) is 4.13. The quantitative estimate of drug-likeness (QED) is 0.809. The molecular formula is C16H11Cl2NO. The van der Waals surface area contributed by atoms with Crippen molar-refractivity contribution in [2.24, 2.45) is 0 Å². The fourth-order valence-corrected chi connectivity index (χ4v) is 2.64. The number of hydrogen-bond donors (Lipinski definition) is 1. The van der Waals surface area contributed by atoms with Crippen molar-refractivity contribution in [3.63, 3.8) is 0 Å². The SMILES string of the molecule is O=C1Nc2cc(Cl)ccc2/C1=C\Cc1cccc(Cl)c1. The van der Waals surface area contributed by atoms with E-state index >= 15 is 0 Å². The second kappa shape index (κ2) is 5.31. The van der Waals surface area contributed by atoms with Crippen LogP contribution in [0.1, 0.15) is 11.1 Å². The summed E-state index contributed by atoms with van der Waals surface area (Å²) in [4.78, 5) is 12.0. The van der Waals surface area contributed by atoms with Gasteiger partial charge in [0.25, 0.3) is 5.91 Å². The first-order chi connectivity index (χ1) is 9.63. The molecule has 0 aliphatic carbocycles. The van der Waals surface area contributed by atoms with E-state index in [1.54, 1.807) is 12.1 Å². The molecular weight excluding hydrogens is 293 g/mol. The van der Waals surface area contributed by atoms with Crippen LogP contribution in [0.4, 0.5) is 5.69 Å². The van der Waals surface area contributed by atoms with Crippen LogP contribution >= 0.6 is 23.2 Å². The first-order valence-electron chi connectivity index (χ1n) is 6.19. The van der Waals surface area contributed by atoms with Gasteiger partial charge in [0, 0.05) is 21.2 Å². The molecule has 1 aliphatic rings. The molecule has 1 amide bonds. The van der Waals surface area contributed by atoms with Crippen LogP contribution < -0.4 is 5.32 Å². The van der Waals surface area contributed by atoms with Gasteiger partial charge in [0.15, 0.2) is 0 Å². The Balaban J connectivity index is 1.91. The highest BCUT2D eigenvalue weighted by molar-refractivity contribution is 6.34. The molecule has 2 aromatic rings. The van der Waals surface area contributed by atoms with E-state index in [9.17, 15) is 4.79 Å². The highest BCUT2D eigenvalue weighted by Gasteiger charge is 2.23. The third kappa shape index (κ3) is 2.58. The highest BCUT2D eigenvalue weighted by atomic mass is 35.5. The number of hydrogen-bond acceptors (Lipinski definition) is 1. The Hall–Kier alpha value is -1.77. The van der Waals surface area contributed by atoms with Crippen molar-refractivity contribution in [3.8, 4) is 0 Å².